The van der Waals surface area contributed by atoms with Gasteiger partial charge in [-0.2, -0.15) is 5.10 Å². The molecule has 1 unspecified atom stereocenters. The molecule has 1 amide bonds. The summed E-state index contributed by atoms with van der Waals surface area (Å²) >= 11 is 0. The number of carboxylic acids is 1. The van der Waals surface area contributed by atoms with Crippen molar-refractivity contribution in [3.8, 4) is 0 Å². The number of hydrogen-bond donors (Lipinski definition) is 1. The summed E-state index contributed by atoms with van der Waals surface area (Å²) in [6.45, 7) is 4.67. The normalized spacial score (nSPS) is 12.0. The lowest BCUT2D eigenvalue weighted by molar-refractivity contribution is -0.386. The van der Waals surface area contributed by atoms with Gasteiger partial charge in [0.05, 0.1) is 11.5 Å². The van der Waals surface area contributed by atoms with E-state index in [0.29, 0.717) is 5.69 Å². The van der Waals surface area contributed by atoms with Crippen molar-refractivity contribution >= 4 is 17.6 Å². The Bertz CT molecular complexity index is 580. The lowest BCUT2D eigenvalue weighted by atomic mass is 10.2. The molecule has 0 fully saturated rings. The number of nitrogens with zero attached hydrogens (tertiary/aromatic N) is 4. The molecule has 0 saturated carbocycles. The van der Waals surface area contributed by atoms with Crippen LogP contribution in [0.25, 0.3) is 0 Å². The van der Waals surface area contributed by atoms with Crippen LogP contribution in [0.1, 0.15) is 24.7 Å². The maximum Gasteiger partial charge on any atom is 0.326 e. The molecule has 1 aromatic rings. The van der Waals surface area contributed by atoms with Gasteiger partial charge < -0.3 is 10.0 Å². The second kappa shape index (κ2) is 6.33. The van der Waals surface area contributed by atoms with Crippen molar-refractivity contribution in [1.82, 2.24) is 14.7 Å². The van der Waals surface area contributed by atoms with Gasteiger partial charge in [0.2, 0.25) is 5.91 Å². The maximum absolute atomic E-state index is 11.9. The van der Waals surface area contributed by atoms with E-state index in [9.17, 15) is 19.7 Å². The van der Waals surface area contributed by atoms with Crippen molar-refractivity contribution in [3.05, 3.63) is 21.5 Å². The molecule has 0 aliphatic rings. The van der Waals surface area contributed by atoms with Crippen LogP contribution in [0.4, 0.5) is 5.69 Å². The minimum Gasteiger partial charge on any atom is -0.480 e. The van der Waals surface area contributed by atoms with E-state index in [2.05, 4.69) is 5.10 Å². The van der Waals surface area contributed by atoms with Crippen LogP contribution in [0.15, 0.2) is 0 Å². The number of carboxylic acid groups (broad SMARTS) is 1. The van der Waals surface area contributed by atoms with Gasteiger partial charge in [0.15, 0.2) is 0 Å². The van der Waals surface area contributed by atoms with Gasteiger partial charge in [-0.15, -0.1) is 0 Å². The molecular formula is C12H18N4O5. The molecule has 0 saturated heterocycles. The zero-order valence-electron chi connectivity index (χ0n) is 12.4. The van der Waals surface area contributed by atoms with Gasteiger partial charge in [0, 0.05) is 13.5 Å². The fourth-order valence-electron chi connectivity index (χ4n) is 1.93. The van der Waals surface area contributed by atoms with E-state index in [4.69, 9.17) is 5.11 Å². The van der Waals surface area contributed by atoms with Crippen LogP contribution < -0.4 is 0 Å². The molecule has 1 heterocycles. The number of carbonyl (C=O) groups is 2. The molecule has 1 rings (SSSR count). The summed E-state index contributed by atoms with van der Waals surface area (Å²) in [5.41, 5.74) is 0.603. The average molecular weight is 298 g/mol. The van der Waals surface area contributed by atoms with E-state index < -0.39 is 16.9 Å². The minimum atomic E-state index is -1.09. The van der Waals surface area contributed by atoms with Crippen LogP contribution in [-0.4, -0.2) is 49.7 Å². The Balaban J connectivity index is 2.76. The molecule has 0 aromatic carbocycles. The van der Waals surface area contributed by atoms with Crippen LogP contribution in [-0.2, 0) is 16.1 Å². The van der Waals surface area contributed by atoms with Crippen LogP contribution in [0.3, 0.4) is 0 Å². The van der Waals surface area contributed by atoms with Crippen LogP contribution in [0, 0.1) is 24.0 Å². The number of aliphatic carboxylic acids is 1. The third kappa shape index (κ3) is 3.56. The minimum absolute atomic E-state index is 0.0211. The van der Waals surface area contributed by atoms with Gasteiger partial charge in [0.25, 0.3) is 0 Å². The van der Waals surface area contributed by atoms with Gasteiger partial charge in [0.1, 0.15) is 17.4 Å². The molecule has 1 N–H and O–H groups in total. The monoisotopic (exact) mass is 298 g/mol. The summed E-state index contributed by atoms with van der Waals surface area (Å²) in [5.74, 6) is -1.45. The Kier molecular flexibility index (Phi) is 5.01. The quantitative estimate of drug-likeness (QED) is 0.611. The summed E-state index contributed by atoms with van der Waals surface area (Å²) in [5, 5.41) is 23.8. The van der Waals surface area contributed by atoms with Crippen molar-refractivity contribution in [2.75, 3.05) is 7.05 Å². The van der Waals surface area contributed by atoms with Gasteiger partial charge in [-0.05, 0) is 20.8 Å². The zero-order chi connectivity index (χ0) is 16.3. The van der Waals surface area contributed by atoms with Crippen LogP contribution in [0.5, 0.6) is 0 Å². The Morgan fingerprint density at radius 2 is 2.05 bits per heavy atom. The summed E-state index contributed by atoms with van der Waals surface area (Å²) in [6.07, 6.45) is 0.0211. The van der Waals surface area contributed by atoms with Gasteiger partial charge in [-0.25, -0.2) is 4.79 Å². The summed E-state index contributed by atoms with van der Waals surface area (Å²) < 4.78 is 1.39. The topological polar surface area (TPSA) is 119 Å². The highest BCUT2D eigenvalue weighted by Gasteiger charge is 2.24. The molecule has 9 heteroatoms. The molecule has 0 spiro atoms. The standard InChI is InChI=1S/C12H18N4O5/c1-7-11(16(20)21)8(2)15(13-7)6-5-10(17)14(4)9(3)12(18)19/h9H,5-6H2,1-4H3,(H,18,19). The predicted octanol–water partition coefficient (Wildman–Crippen LogP) is 0.730. The molecule has 0 aliphatic heterocycles. The molecule has 1 atom stereocenters. The number of nitro groups is 1. The predicted molar refractivity (Wildman–Crippen MR) is 72.8 cm³/mol. The van der Waals surface area contributed by atoms with Gasteiger partial charge >= 0.3 is 11.7 Å². The summed E-state index contributed by atoms with van der Waals surface area (Å²) in [6, 6.07) is -0.924. The molecular weight excluding hydrogens is 280 g/mol. The molecule has 116 valence electrons. The third-order valence-corrected chi connectivity index (χ3v) is 3.40. The number of carbonyl (C=O) groups excluding carboxylic acids is 1. The molecule has 0 radical (unpaired) electrons. The Morgan fingerprint density at radius 3 is 2.48 bits per heavy atom. The highest BCUT2D eigenvalue weighted by Crippen LogP contribution is 2.21. The van der Waals surface area contributed by atoms with E-state index in [0.717, 1.165) is 4.90 Å². The van der Waals surface area contributed by atoms with Gasteiger partial charge in [-0.3, -0.25) is 19.6 Å². The highest BCUT2D eigenvalue weighted by molar-refractivity contribution is 5.83. The molecule has 21 heavy (non-hydrogen) atoms. The first-order valence-corrected chi connectivity index (χ1v) is 6.33. The number of amides is 1. The second-order valence-electron chi connectivity index (χ2n) is 4.77. The van der Waals surface area contributed by atoms with Crippen molar-refractivity contribution in [1.29, 1.82) is 0 Å². The van der Waals surface area contributed by atoms with E-state index >= 15 is 0 Å². The van der Waals surface area contributed by atoms with E-state index in [1.54, 1.807) is 6.92 Å². The Morgan fingerprint density at radius 1 is 1.48 bits per heavy atom. The lowest BCUT2D eigenvalue weighted by Gasteiger charge is -2.21. The molecule has 0 bridgehead atoms. The van der Waals surface area contributed by atoms with Crippen molar-refractivity contribution in [2.24, 2.45) is 0 Å². The number of aryl methyl sites for hydroxylation is 2. The first-order chi connectivity index (χ1) is 9.66. The molecule has 0 aliphatic carbocycles. The summed E-state index contributed by atoms with van der Waals surface area (Å²) in [4.78, 5) is 34.2. The second-order valence-corrected chi connectivity index (χ2v) is 4.77. The first-order valence-electron chi connectivity index (χ1n) is 6.33. The fraction of sp³-hybridized carbons (Fsp3) is 0.583. The molecule has 1 aromatic heterocycles. The zero-order valence-corrected chi connectivity index (χ0v) is 12.4. The fourth-order valence-corrected chi connectivity index (χ4v) is 1.93. The highest BCUT2D eigenvalue weighted by atomic mass is 16.6. The van der Waals surface area contributed by atoms with E-state index in [1.807, 2.05) is 0 Å². The number of rotatable bonds is 6. The van der Waals surface area contributed by atoms with E-state index in [1.165, 1.54) is 25.6 Å². The van der Waals surface area contributed by atoms with Crippen LogP contribution >= 0.6 is 0 Å². The van der Waals surface area contributed by atoms with Crippen molar-refractivity contribution < 1.29 is 19.6 Å². The van der Waals surface area contributed by atoms with Crippen molar-refractivity contribution in [3.63, 3.8) is 0 Å². The number of aromatic nitrogens is 2. The molecule has 9 nitrogen and oxygen atoms in total. The SMILES string of the molecule is Cc1nn(CCC(=O)N(C)C(C)C(=O)O)c(C)c1[N+](=O)[O-]. The van der Waals surface area contributed by atoms with E-state index in [-0.39, 0.29) is 30.3 Å². The third-order valence-electron chi connectivity index (χ3n) is 3.40. The smallest absolute Gasteiger partial charge is 0.326 e. The van der Waals surface area contributed by atoms with Crippen molar-refractivity contribution in [2.45, 2.75) is 39.8 Å². The van der Waals surface area contributed by atoms with Gasteiger partial charge in [-0.1, -0.05) is 0 Å². The Labute approximate surface area is 121 Å². The number of hydrogen-bond acceptors (Lipinski definition) is 5. The maximum atomic E-state index is 11.9. The Hall–Kier alpha value is -2.45. The summed E-state index contributed by atoms with van der Waals surface area (Å²) in [7, 11) is 1.41. The number of likely N-dealkylation sites (N-methyl/N-ethyl adjacent to an activating group) is 1. The largest absolute Gasteiger partial charge is 0.480 e. The average Bonchev–Trinajstić information content (AvgIpc) is 2.68. The lowest BCUT2D eigenvalue weighted by Crippen LogP contribution is -2.40. The van der Waals surface area contributed by atoms with Crippen LogP contribution in [0.2, 0.25) is 0 Å². The first kappa shape index (κ1) is 16.6.